The molecule has 1 atom stereocenters. The van der Waals surface area contributed by atoms with Crippen LogP contribution in [0.4, 0.5) is 40.8 Å². The molecule has 5 rings (SSSR count). The average Bonchev–Trinajstić information content (AvgIpc) is 3.50. The third kappa shape index (κ3) is 6.36. The minimum Gasteiger partial charge on any atom is -0.542 e. The van der Waals surface area contributed by atoms with E-state index in [2.05, 4.69) is 35.9 Å². The largest absolute Gasteiger partial charge is 0.542 e. The highest BCUT2D eigenvalue weighted by Crippen LogP contribution is 2.32. The fourth-order valence-electron chi connectivity index (χ4n) is 3.67. The van der Waals surface area contributed by atoms with Gasteiger partial charge in [0.15, 0.2) is 11.6 Å². The van der Waals surface area contributed by atoms with E-state index in [0.717, 1.165) is 30.7 Å². The van der Waals surface area contributed by atoms with Crippen molar-refractivity contribution in [3.8, 4) is 11.5 Å². The zero-order valence-corrected chi connectivity index (χ0v) is 19.6. The van der Waals surface area contributed by atoms with Crippen LogP contribution in [-0.4, -0.2) is 51.2 Å². The Kier molecular flexibility index (Phi) is 7.47. The molecule has 11 nitrogen and oxygen atoms in total. The van der Waals surface area contributed by atoms with Gasteiger partial charge in [0.1, 0.15) is 35.0 Å². The summed E-state index contributed by atoms with van der Waals surface area (Å²) in [5.41, 5.74) is 11.2. The first kappa shape index (κ1) is 26.4. The van der Waals surface area contributed by atoms with Gasteiger partial charge in [-0.05, 0) is 24.3 Å². The number of H-pyrrole nitrogens is 1. The van der Waals surface area contributed by atoms with E-state index in [0.29, 0.717) is 28.9 Å². The molecule has 0 amide bonds. The van der Waals surface area contributed by atoms with Gasteiger partial charge in [0.25, 0.3) is 0 Å². The SMILES string of the molecule is Nc1nc(Nc2ccc(Oc3ccnc4[nH]ccc34)c(F)c2)cc(N2CC[C@@H]([NH3+])C2)n1.O=C([O-])C(F)(F)F. The van der Waals surface area contributed by atoms with Crippen molar-refractivity contribution in [2.45, 2.75) is 18.6 Å². The zero-order valence-electron chi connectivity index (χ0n) is 19.6. The lowest BCUT2D eigenvalue weighted by atomic mass is 10.2. The number of nitrogens with zero attached hydrogens (tertiary/aromatic N) is 4. The van der Waals surface area contributed by atoms with E-state index >= 15 is 0 Å². The number of aromatic nitrogens is 4. The van der Waals surface area contributed by atoms with Crippen molar-refractivity contribution >= 4 is 40.3 Å². The lowest BCUT2D eigenvalue weighted by Crippen LogP contribution is -2.61. The number of nitrogens with one attached hydrogen (secondary N) is 2. The number of quaternary nitrogens is 1. The monoisotopic (exact) mass is 534 g/mol. The number of fused-ring (bicyclic) bond motifs is 1. The molecule has 38 heavy (non-hydrogen) atoms. The fraction of sp³-hybridized carbons (Fsp3) is 0.217. The molecule has 4 heterocycles. The number of alkyl halides is 3. The van der Waals surface area contributed by atoms with E-state index in [4.69, 9.17) is 20.4 Å². The molecule has 200 valence electrons. The van der Waals surface area contributed by atoms with E-state index in [1.807, 2.05) is 6.07 Å². The summed E-state index contributed by atoms with van der Waals surface area (Å²) in [6.07, 6.45) is -0.822. The minimum atomic E-state index is -5.19. The number of carbonyl (C=O) groups excluding carboxylic acids is 1. The van der Waals surface area contributed by atoms with Gasteiger partial charge in [-0.25, -0.2) is 9.37 Å². The molecule has 0 saturated carbocycles. The lowest BCUT2D eigenvalue weighted by Gasteiger charge is -2.17. The maximum Gasteiger partial charge on any atom is 0.430 e. The number of hydrogen-bond acceptors (Lipinski definition) is 9. The number of rotatable bonds is 5. The third-order valence-corrected chi connectivity index (χ3v) is 5.42. The van der Waals surface area contributed by atoms with Crippen LogP contribution in [0, 0.1) is 5.82 Å². The predicted octanol–water partition coefficient (Wildman–Crippen LogP) is 1.73. The molecule has 1 fully saturated rings. The van der Waals surface area contributed by atoms with Crippen LogP contribution in [0.1, 0.15) is 6.42 Å². The molecule has 1 aliphatic rings. The van der Waals surface area contributed by atoms with Crippen LogP contribution in [0.25, 0.3) is 11.0 Å². The van der Waals surface area contributed by atoms with Gasteiger partial charge >= 0.3 is 6.18 Å². The molecule has 0 bridgehead atoms. The van der Waals surface area contributed by atoms with Crippen LogP contribution in [-0.2, 0) is 4.79 Å². The Morgan fingerprint density at radius 3 is 2.63 bits per heavy atom. The van der Waals surface area contributed by atoms with Crippen LogP contribution >= 0.6 is 0 Å². The summed E-state index contributed by atoms with van der Waals surface area (Å²) < 4.78 is 52.1. The molecule has 1 aromatic carbocycles. The number of carbonyl (C=O) groups is 1. The molecule has 0 spiro atoms. The summed E-state index contributed by atoms with van der Waals surface area (Å²) in [4.78, 5) is 26.6. The first-order valence-electron chi connectivity index (χ1n) is 11.2. The Bertz CT molecular complexity index is 1450. The Morgan fingerprint density at radius 1 is 1.21 bits per heavy atom. The summed E-state index contributed by atoms with van der Waals surface area (Å²) >= 11 is 0. The highest BCUT2D eigenvalue weighted by atomic mass is 19.4. The summed E-state index contributed by atoms with van der Waals surface area (Å²) in [7, 11) is 0. The summed E-state index contributed by atoms with van der Waals surface area (Å²) in [5.74, 6) is -1.50. The number of carboxylic acids is 1. The molecule has 0 aliphatic carbocycles. The normalized spacial score (nSPS) is 15.2. The number of pyridine rings is 1. The Morgan fingerprint density at radius 2 is 1.97 bits per heavy atom. The van der Waals surface area contributed by atoms with Crippen LogP contribution in [0.15, 0.2) is 48.8 Å². The first-order valence-corrected chi connectivity index (χ1v) is 11.2. The summed E-state index contributed by atoms with van der Waals surface area (Å²) in [6, 6.07) is 10.3. The first-order chi connectivity index (χ1) is 18.0. The van der Waals surface area contributed by atoms with Crippen LogP contribution < -0.4 is 31.5 Å². The number of aliphatic carboxylic acids is 1. The second-order valence-electron chi connectivity index (χ2n) is 8.28. The van der Waals surface area contributed by atoms with Crippen LogP contribution in [0.3, 0.4) is 0 Å². The summed E-state index contributed by atoms with van der Waals surface area (Å²) in [6.45, 7) is 1.69. The van der Waals surface area contributed by atoms with Gasteiger partial charge < -0.3 is 41.3 Å². The van der Waals surface area contributed by atoms with Gasteiger partial charge in [-0.1, -0.05) is 0 Å². The van der Waals surface area contributed by atoms with Crippen molar-refractivity contribution in [1.29, 1.82) is 0 Å². The van der Waals surface area contributed by atoms with Crippen molar-refractivity contribution in [1.82, 2.24) is 19.9 Å². The molecule has 1 saturated heterocycles. The number of benzene rings is 1. The van der Waals surface area contributed by atoms with Crippen molar-refractivity contribution in [2.75, 3.05) is 29.0 Å². The molecule has 0 radical (unpaired) electrons. The molecule has 4 aromatic rings. The topological polar surface area (TPSA) is 173 Å². The van der Waals surface area contributed by atoms with Crippen molar-refractivity contribution in [3.05, 3.63) is 54.6 Å². The molecule has 0 unspecified atom stereocenters. The van der Waals surface area contributed by atoms with E-state index in [1.165, 1.54) is 6.07 Å². The third-order valence-electron chi connectivity index (χ3n) is 5.42. The fourth-order valence-corrected chi connectivity index (χ4v) is 3.67. The summed E-state index contributed by atoms with van der Waals surface area (Å²) in [5, 5.41) is 12.7. The van der Waals surface area contributed by atoms with Gasteiger partial charge in [-0.2, -0.15) is 23.1 Å². The number of nitrogen functional groups attached to an aromatic ring is 1. The molecule has 3 aromatic heterocycles. The number of nitrogens with two attached hydrogens (primary N) is 1. The van der Waals surface area contributed by atoms with E-state index < -0.39 is 18.0 Å². The van der Waals surface area contributed by atoms with E-state index in [1.54, 1.807) is 36.7 Å². The van der Waals surface area contributed by atoms with Gasteiger partial charge in [0.05, 0.1) is 11.9 Å². The highest BCUT2D eigenvalue weighted by Gasteiger charge is 2.29. The number of hydrogen-bond donors (Lipinski definition) is 4. The van der Waals surface area contributed by atoms with E-state index in [-0.39, 0.29) is 11.7 Å². The van der Waals surface area contributed by atoms with Crippen molar-refractivity contribution in [3.63, 3.8) is 0 Å². The van der Waals surface area contributed by atoms with Gasteiger partial charge in [0.2, 0.25) is 5.95 Å². The molecular formula is C23H22F4N8O3. The zero-order chi connectivity index (χ0) is 27.4. The molecule has 15 heteroatoms. The Hall–Kier alpha value is -4.66. The quantitative estimate of drug-likeness (QED) is 0.278. The second kappa shape index (κ2) is 10.8. The Labute approximate surface area is 212 Å². The maximum atomic E-state index is 14.8. The van der Waals surface area contributed by atoms with Gasteiger partial charge in [0, 0.05) is 43.2 Å². The molecule has 1 aliphatic heterocycles. The van der Waals surface area contributed by atoms with Crippen molar-refractivity contribution in [2.24, 2.45) is 0 Å². The maximum absolute atomic E-state index is 14.8. The number of carboxylic acid groups (broad SMARTS) is 1. The van der Waals surface area contributed by atoms with E-state index in [9.17, 15) is 17.6 Å². The Balaban J connectivity index is 0.000000426. The number of halogens is 4. The minimum absolute atomic E-state index is 0.112. The highest BCUT2D eigenvalue weighted by molar-refractivity contribution is 5.82. The van der Waals surface area contributed by atoms with Gasteiger partial charge in [-0.15, -0.1) is 0 Å². The predicted molar refractivity (Wildman–Crippen MR) is 127 cm³/mol. The van der Waals surface area contributed by atoms with Crippen molar-refractivity contribution < 1.29 is 37.9 Å². The second-order valence-corrected chi connectivity index (χ2v) is 8.28. The number of aromatic amines is 1. The molecular weight excluding hydrogens is 512 g/mol. The van der Waals surface area contributed by atoms with Gasteiger partial charge in [-0.3, -0.25) is 0 Å². The smallest absolute Gasteiger partial charge is 0.430 e. The number of anilines is 4. The van der Waals surface area contributed by atoms with Crippen LogP contribution in [0.5, 0.6) is 11.5 Å². The molecule has 7 N–H and O–H groups in total. The van der Waals surface area contributed by atoms with Crippen LogP contribution in [0.2, 0.25) is 0 Å². The number of ether oxygens (including phenoxy) is 1. The standard InChI is InChI=1S/C21H21FN8O.C2HF3O2/c22-15-9-13(1-2-17(15)31-16-4-7-26-20-14(16)3-6-25-20)27-18-10-19(29-21(24)28-18)30-8-5-12(23)11-30;3-2(4,5)1(6)7/h1-4,6-7,9-10,12H,5,8,11,23H2,(H,25,26)(H3,24,27,28,29);(H,6,7)/t12-;/m1./s1. The average molecular weight is 534 g/mol. The lowest BCUT2D eigenvalue weighted by molar-refractivity contribution is -0.412.